The quantitative estimate of drug-likeness (QED) is 0.804. The van der Waals surface area contributed by atoms with E-state index in [0.29, 0.717) is 18.8 Å². The second kappa shape index (κ2) is 5.97. The first-order chi connectivity index (χ1) is 10.3. The monoisotopic (exact) mass is 299 g/mol. The summed E-state index contributed by atoms with van der Waals surface area (Å²) in [6, 6.07) is 13.1. The molecule has 4 nitrogen and oxygen atoms in total. The topological polar surface area (TPSA) is 46.9 Å². The number of benzene rings is 1. The maximum absolute atomic E-state index is 11.9. The number of aromatic nitrogens is 2. The first-order valence-electron chi connectivity index (χ1n) is 6.68. The number of nitrogens with one attached hydrogen (secondary N) is 1. The highest BCUT2D eigenvalue weighted by Crippen LogP contribution is 2.23. The molecule has 0 atom stereocenters. The van der Waals surface area contributed by atoms with Gasteiger partial charge in [0.15, 0.2) is 0 Å². The molecule has 0 radical (unpaired) electrons. The van der Waals surface area contributed by atoms with Gasteiger partial charge >= 0.3 is 0 Å². The van der Waals surface area contributed by atoms with Gasteiger partial charge in [-0.1, -0.05) is 23.7 Å². The zero-order chi connectivity index (χ0) is 14.7. The van der Waals surface area contributed by atoms with Gasteiger partial charge in [-0.05, 0) is 30.3 Å². The first kappa shape index (κ1) is 13.6. The summed E-state index contributed by atoms with van der Waals surface area (Å²) < 4.78 is 2.07. The molecule has 2 heterocycles. The lowest BCUT2D eigenvalue weighted by atomic mass is 10.2. The Morgan fingerprint density at radius 2 is 2.10 bits per heavy atom. The van der Waals surface area contributed by atoms with Crippen LogP contribution in [0.5, 0.6) is 0 Å². The van der Waals surface area contributed by atoms with Crippen LogP contribution < -0.4 is 5.32 Å². The molecule has 0 unspecified atom stereocenters. The molecule has 0 aliphatic carbocycles. The van der Waals surface area contributed by atoms with E-state index in [1.54, 1.807) is 24.4 Å². The largest absolute Gasteiger partial charge is 0.349 e. The lowest BCUT2D eigenvalue weighted by Gasteiger charge is -2.07. The zero-order valence-corrected chi connectivity index (χ0v) is 12.0. The van der Waals surface area contributed by atoms with E-state index in [0.717, 1.165) is 15.9 Å². The Kier molecular flexibility index (Phi) is 3.88. The van der Waals surface area contributed by atoms with E-state index in [-0.39, 0.29) is 5.91 Å². The minimum Gasteiger partial charge on any atom is -0.349 e. The molecule has 3 aromatic rings. The molecule has 0 fully saturated rings. The molecular weight excluding hydrogens is 286 g/mol. The fraction of sp³-hybridized carbons (Fsp3) is 0.125. The van der Waals surface area contributed by atoms with E-state index in [2.05, 4.69) is 14.9 Å². The molecule has 5 heteroatoms. The summed E-state index contributed by atoms with van der Waals surface area (Å²) >= 11 is 6.14. The van der Waals surface area contributed by atoms with E-state index in [1.165, 1.54) is 0 Å². The van der Waals surface area contributed by atoms with Crippen molar-refractivity contribution in [2.75, 3.05) is 6.54 Å². The molecule has 0 saturated carbocycles. The summed E-state index contributed by atoms with van der Waals surface area (Å²) in [5.41, 5.74) is 1.49. The normalized spacial score (nSPS) is 10.7. The summed E-state index contributed by atoms with van der Waals surface area (Å²) in [6.45, 7) is 1.22. The average molecular weight is 300 g/mol. The maximum atomic E-state index is 11.9. The Morgan fingerprint density at radius 1 is 1.19 bits per heavy atom. The van der Waals surface area contributed by atoms with Crippen LogP contribution in [0.25, 0.3) is 10.9 Å². The molecule has 1 amide bonds. The Labute approximate surface area is 127 Å². The van der Waals surface area contributed by atoms with Crippen molar-refractivity contribution in [3.05, 3.63) is 65.6 Å². The number of carbonyl (C=O) groups is 1. The average Bonchev–Trinajstić information content (AvgIpc) is 2.93. The van der Waals surface area contributed by atoms with Gasteiger partial charge in [-0.25, -0.2) is 0 Å². The number of hydrogen-bond donors (Lipinski definition) is 1. The predicted octanol–water partition coefficient (Wildman–Crippen LogP) is 3.12. The molecule has 0 spiro atoms. The Balaban J connectivity index is 1.65. The van der Waals surface area contributed by atoms with E-state index in [4.69, 9.17) is 11.6 Å². The van der Waals surface area contributed by atoms with Crippen molar-refractivity contribution in [2.45, 2.75) is 6.54 Å². The van der Waals surface area contributed by atoms with Gasteiger partial charge in [0.1, 0.15) is 5.69 Å². The van der Waals surface area contributed by atoms with Crippen LogP contribution in [0.2, 0.25) is 5.02 Å². The van der Waals surface area contributed by atoms with Crippen LogP contribution in [0.15, 0.2) is 54.9 Å². The van der Waals surface area contributed by atoms with Crippen LogP contribution in [-0.4, -0.2) is 22.0 Å². The molecule has 0 bridgehead atoms. The Hall–Kier alpha value is -2.33. The third-order valence-corrected chi connectivity index (χ3v) is 3.63. The van der Waals surface area contributed by atoms with E-state index in [1.807, 2.05) is 30.5 Å². The molecular formula is C16H14ClN3O. The van der Waals surface area contributed by atoms with Crippen LogP contribution in [0.1, 0.15) is 10.5 Å². The lowest BCUT2D eigenvalue weighted by molar-refractivity contribution is 0.0947. The minimum absolute atomic E-state index is 0.162. The van der Waals surface area contributed by atoms with E-state index < -0.39 is 0 Å². The van der Waals surface area contributed by atoms with E-state index in [9.17, 15) is 4.79 Å². The maximum Gasteiger partial charge on any atom is 0.269 e. The second-order valence-electron chi connectivity index (χ2n) is 4.65. The summed E-state index contributed by atoms with van der Waals surface area (Å²) in [5, 5.41) is 4.62. The summed E-state index contributed by atoms with van der Waals surface area (Å²) in [5.74, 6) is -0.162. The SMILES string of the molecule is O=C(NCCn1ccc2c(Cl)cccc21)c1ccccn1. The molecule has 2 aromatic heterocycles. The molecule has 1 aromatic carbocycles. The van der Waals surface area contributed by atoms with Crippen LogP contribution in [-0.2, 0) is 6.54 Å². The van der Waals surface area contributed by atoms with Gasteiger partial charge in [0.2, 0.25) is 0 Å². The fourth-order valence-corrected chi connectivity index (χ4v) is 2.49. The van der Waals surface area contributed by atoms with Crippen molar-refractivity contribution in [3.8, 4) is 0 Å². The minimum atomic E-state index is -0.162. The molecule has 3 rings (SSSR count). The molecule has 1 N–H and O–H groups in total. The van der Waals surface area contributed by atoms with Crippen molar-refractivity contribution in [1.82, 2.24) is 14.9 Å². The van der Waals surface area contributed by atoms with Crippen molar-refractivity contribution in [1.29, 1.82) is 0 Å². The second-order valence-corrected chi connectivity index (χ2v) is 5.06. The van der Waals surface area contributed by atoms with Crippen LogP contribution in [0, 0.1) is 0 Å². The Bertz CT molecular complexity index is 768. The zero-order valence-electron chi connectivity index (χ0n) is 11.3. The van der Waals surface area contributed by atoms with Crippen molar-refractivity contribution < 1.29 is 4.79 Å². The number of rotatable bonds is 4. The fourth-order valence-electron chi connectivity index (χ4n) is 2.26. The van der Waals surface area contributed by atoms with Gasteiger partial charge in [-0.15, -0.1) is 0 Å². The third kappa shape index (κ3) is 2.90. The van der Waals surface area contributed by atoms with E-state index >= 15 is 0 Å². The van der Waals surface area contributed by atoms with Gasteiger partial charge < -0.3 is 9.88 Å². The molecule has 0 aliphatic heterocycles. The van der Waals surface area contributed by atoms with Gasteiger partial charge in [-0.2, -0.15) is 0 Å². The molecule has 0 aliphatic rings. The highest BCUT2D eigenvalue weighted by atomic mass is 35.5. The number of pyridine rings is 1. The van der Waals surface area contributed by atoms with Gasteiger partial charge in [0, 0.05) is 41.4 Å². The number of amides is 1. The number of halogens is 1. The highest BCUT2D eigenvalue weighted by molar-refractivity contribution is 6.35. The smallest absolute Gasteiger partial charge is 0.269 e. The van der Waals surface area contributed by atoms with Gasteiger partial charge in [0.25, 0.3) is 5.91 Å². The molecule has 106 valence electrons. The number of fused-ring (bicyclic) bond motifs is 1. The summed E-state index contributed by atoms with van der Waals surface area (Å²) in [6.07, 6.45) is 3.58. The van der Waals surface area contributed by atoms with Crippen LogP contribution >= 0.6 is 11.6 Å². The van der Waals surface area contributed by atoms with Crippen LogP contribution in [0.3, 0.4) is 0 Å². The van der Waals surface area contributed by atoms with Crippen molar-refractivity contribution >= 4 is 28.4 Å². The van der Waals surface area contributed by atoms with Gasteiger partial charge in [0.05, 0.1) is 0 Å². The molecule has 0 saturated heterocycles. The summed E-state index contributed by atoms with van der Waals surface area (Å²) in [4.78, 5) is 15.9. The number of hydrogen-bond acceptors (Lipinski definition) is 2. The first-order valence-corrected chi connectivity index (χ1v) is 7.06. The predicted molar refractivity (Wildman–Crippen MR) is 83.5 cm³/mol. The van der Waals surface area contributed by atoms with Crippen LogP contribution in [0.4, 0.5) is 0 Å². The van der Waals surface area contributed by atoms with Gasteiger partial charge in [-0.3, -0.25) is 9.78 Å². The van der Waals surface area contributed by atoms with Crippen molar-refractivity contribution in [3.63, 3.8) is 0 Å². The molecule has 21 heavy (non-hydrogen) atoms. The third-order valence-electron chi connectivity index (χ3n) is 3.30. The summed E-state index contributed by atoms with van der Waals surface area (Å²) in [7, 11) is 0. The standard InChI is InChI=1S/C16H14ClN3O/c17-13-4-3-6-15-12(13)7-10-20(15)11-9-19-16(21)14-5-1-2-8-18-14/h1-8,10H,9,11H2,(H,19,21). The lowest BCUT2D eigenvalue weighted by Crippen LogP contribution is -2.27. The highest BCUT2D eigenvalue weighted by Gasteiger charge is 2.06. The number of nitrogens with zero attached hydrogens (tertiary/aromatic N) is 2. The Morgan fingerprint density at radius 3 is 2.90 bits per heavy atom. The van der Waals surface area contributed by atoms with Crippen molar-refractivity contribution in [2.24, 2.45) is 0 Å². The number of carbonyl (C=O) groups excluding carboxylic acids is 1.